The Labute approximate surface area is 139 Å². The average molecular weight is 352 g/mol. The lowest BCUT2D eigenvalue weighted by Gasteiger charge is -2.23. The Morgan fingerprint density at radius 2 is 2.00 bits per heavy atom. The molecule has 0 saturated carbocycles. The number of fused-ring (bicyclic) bond motifs is 1. The number of rotatable bonds is 3. The van der Waals surface area contributed by atoms with E-state index < -0.39 is 29.7 Å². The summed E-state index contributed by atoms with van der Waals surface area (Å²) in [5, 5.41) is 18.9. The van der Waals surface area contributed by atoms with Gasteiger partial charge in [0.25, 0.3) is 5.91 Å². The maximum absolute atomic E-state index is 12.8. The molecule has 1 atom stereocenters. The summed E-state index contributed by atoms with van der Waals surface area (Å²) in [5.74, 6) is -1.94. The number of hydrogen-bond acceptors (Lipinski definition) is 5. The van der Waals surface area contributed by atoms with Gasteiger partial charge in [-0.2, -0.15) is 13.2 Å². The van der Waals surface area contributed by atoms with E-state index in [-0.39, 0.29) is 29.2 Å². The first-order valence-corrected chi connectivity index (χ1v) is 7.19. The number of hydrogen-bond donors (Lipinski definition) is 2. The molecule has 10 heteroatoms. The van der Waals surface area contributed by atoms with Gasteiger partial charge in [0.15, 0.2) is 11.5 Å². The van der Waals surface area contributed by atoms with E-state index in [1.165, 1.54) is 6.07 Å². The van der Waals surface area contributed by atoms with Gasteiger partial charge in [0.05, 0.1) is 17.2 Å². The van der Waals surface area contributed by atoms with Crippen LogP contribution in [0, 0.1) is 0 Å². The van der Waals surface area contributed by atoms with E-state index in [9.17, 15) is 22.8 Å². The molecule has 0 saturated heterocycles. The largest absolute Gasteiger partial charge is 0.476 e. The standard InChI is InChI=1S/C15H11F3N4O3/c16-15(17,18)8-3-1-2-7(6-8)13(23)20-9-4-5-19-12-10(9)11(14(24)25)21-22-12/h1-3,6,9H,4-5H2,(H,20,23)(H,24,25). The molecule has 0 aliphatic carbocycles. The summed E-state index contributed by atoms with van der Waals surface area (Å²) >= 11 is 0. The molecule has 25 heavy (non-hydrogen) atoms. The van der Waals surface area contributed by atoms with Crippen LogP contribution in [0.1, 0.15) is 22.3 Å². The van der Waals surface area contributed by atoms with Crippen LogP contribution in [0.15, 0.2) is 50.8 Å². The molecule has 3 rings (SSSR count). The summed E-state index contributed by atoms with van der Waals surface area (Å²) in [6.07, 6.45) is -4.27. The summed E-state index contributed by atoms with van der Waals surface area (Å²) < 4.78 is 38.3. The quantitative estimate of drug-likeness (QED) is 0.873. The van der Waals surface area contributed by atoms with Crippen molar-refractivity contribution >= 4 is 17.7 Å². The first-order valence-electron chi connectivity index (χ1n) is 7.19. The number of nitrogens with one attached hydrogen (secondary N) is 1. The third kappa shape index (κ3) is 3.28. The van der Waals surface area contributed by atoms with Crippen molar-refractivity contribution in [2.45, 2.75) is 18.6 Å². The van der Waals surface area contributed by atoms with Crippen LogP contribution in [0.25, 0.3) is 0 Å². The van der Waals surface area contributed by atoms with Crippen molar-refractivity contribution in [3.63, 3.8) is 0 Å². The van der Waals surface area contributed by atoms with Crippen LogP contribution in [0.3, 0.4) is 0 Å². The van der Waals surface area contributed by atoms with Crippen LogP contribution in [-0.4, -0.2) is 35.4 Å². The molecule has 2 aliphatic rings. The minimum absolute atomic E-state index is 0.123. The molecule has 2 heterocycles. The zero-order chi connectivity index (χ0) is 18.2. The lowest BCUT2D eigenvalue weighted by molar-refractivity contribution is -0.137. The second kappa shape index (κ2) is 6.11. The van der Waals surface area contributed by atoms with E-state index in [1.807, 2.05) is 0 Å². The molecule has 1 amide bonds. The van der Waals surface area contributed by atoms with Crippen molar-refractivity contribution in [3.05, 3.63) is 46.7 Å². The second-order valence-electron chi connectivity index (χ2n) is 5.37. The fourth-order valence-electron chi connectivity index (χ4n) is 2.57. The number of azo groups is 1. The molecule has 130 valence electrons. The number of carbonyl (C=O) groups excluding carboxylic acids is 1. The van der Waals surface area contributed by atoms with E-state index >= 15 is 0 Å². The SMILES string of the molecule is O=C(O)C1=C2C(=NCCC2NC(=O)c2cccc(C(F)(F)F)c2)N=N1. The molecular weight excluding hydrogens is 341 g/mol. The van der Waals surface area contributed by atoms with Crippen LogP contribution in [0.5, 0.6) is 0 Å². The van der Waals surface area contributed by atoms with Crippen molar-refractivity contribution < 1.29 is 27.9 Å². The van der Waals surface area contributed by atoms with Gasteiger partial charge >= 0.3 is 12.1 Å². The summed E-state index contributed by atoms with van der Waals surface area (Å²) in [7, 11) is 0. The number of carbonyl (C=O) groups is 2. The predicted octanol–water partition coefficient (Wildman–Crippen LogP) is 2.41. The Morgan fingerprint density at radius 1 is 1.24 bits per heavy atom. The molecule has 1 unspecified atom stereocenters. The van der Waals surface area contributed by atoms with Crippen LogP contribution < -0.4 is 5.32 Å². The van der Waals surface area contributed by atoms with Crippen LogP contribution in [-0.2, 0) is 11.0 Å². The number of amides is 1. The highest BCUT2D eigenvalue weighted by atomic mass is 19.4. The van der Waals surface area contributed by atoms with Crippen LogP contribution in [0.4, 0.5) is 13.2 Å². The number of carboxylic acids is 1. The smallest absolute Gasteiger partial charge is 0.416 e. The van der Waals surface area contributed by atoms with Gasteiger partial charge in [-0.1, -0.05) is 6.07 Å². The van der Waals surface area contributed by atoms with Gasteiger partial charge in [0.1, 0.15) is 0 Å². The Kier molecular flexibility index (Phi) is 4.11. The van der Waals surface area contributed by atoms with Gasteiger partial charge in [-0.3, -0.25) is 9.79 Å². The minimum Gasteiger partial charge on any atom is -0.476 e. The monoisotopic (exact) mass is 352 g/mol. The number of amidine groups is 1. The van der Waals surface area contributed by atoms with Crippen molar-refractivity contribution in [3.8, 4) is 0 Å². The van der Waals surface area contributed by atoms with Crippen molar-refractivity contribution in [2.24, 2.45) is 15.2 Å². The molecule has 1 aromatic rings. The fourth-order valence-corrected chi connectivity index (χ4v) is 2.57. The summed E-state index contributed by atoms with van der Waals surface area (Å²) in [4.78, 5) is 27.6. The fraction of sp³-hybridized carbons (Fsp3) is 0.267. The lowest BCUT2D eigenvalue weighted by Crippen LogP contribution is -2.41. The molecule has 0 spiro atoms. The number of halogens is 3. The van der Waals surface area contributed by atoms with Gasteiger partial charge < -0.3 is 10.4 Å². The first-order chi connectivity index (χ1) is 11.8. The summed E-state index contributed by atoms with van der Waals surface area (Å²) in [5.41, 5.74) is -1.28. The third-order valence-corrected chi connectivity index (χ3v) is 3.73. The molecule has 7 nitrogen and oxygen atoms in total. The van der Waals surface area contributed by atoms with Gasteiger partial charge in [-0.25, -0.2) is 4.79 Å². The highest BCUT2D eigenvalue weighted by Gasteiger charge is 2.35. The highest BCUT2D eigenvalue weighted by Crippen LogP contribution is 2.30. The van der Waals surface area contributed by atoms with Crippen molar-refractivity contribution in [1.29, 1.82) is 0 Å². The number of alkyl halides is 3. The van der Waals surface area contributed by atoms with Gasteiger partial charge in [0.2, 0.25) is 0 Å². The zero-order valence-electron chi connectivity index (χ0n) is 12.5. The van der Waals surface area contributed by atoms with E-state index in [2.05, 4.69) is 20.5 Å². The number of aliphatic imine (C=N–C) groups is 1. The van der Waals surface area contributed by atoms with Crippen molar-refractivity contribution in [1.82, 2.24) is 5.32 Å². The Hall–Kier alpha value is -3.04. The predicted molar refractivity (Wildman–Crippen MR) is 79.1 cm³/mol. The van der Waals surface area contributed by atoms with E-state index in [0.717, 1.165) is 18.2 Å². The lowest BCUT2D eigenvalue weighted by atomic mass is 9.97. The number of carboxylic acid groups (broad SMARTS) is 1. The normalized spacial score (nSPS) is 19.5. The summed E-state index contributed by atoms with van der Waals surface area (Å²) in [6, 6.07) is 3.24. The van der Waals surface area contributed by atoms with Gasteiger partial charge in [0, 0.05) is 12.1 Å². The van der Waals surface area contributed by atoms with Crippen molar-refractivity contribution in [2.75, 3.05) is 6.54 Å². The van der Waals surface area contributed by atoms with Crippen LogP contribution in [0.2, 0.25) is 0 Å². The molecule has 1 aromatic carbocycles. The molecule has 0 radical (unpaired) electrons. The number of benzene rings is 1. The number of nitrogens with zero attached hydrogens (tertiary/aromatic N) is 3. The van der Waals surface area contributed by atoms with Crippen LogP contribution >= 0.6 is 0 Å². The van der Waals surface area contributed by atoms with Gasteiger partial charge in [-0.15, -0.1) is 10.2 Å². The first kappa shape index (κ1) is 16.8. The van der Waals surface area contributed by atoms with Gasteiger partial charge in [-0.05, 0) is 24.6 Å². The maximum atomic E-state index is 12.8. The molecule has 0 bridgehead atoms. The zero-order valence-corrected chi connectivity index (χ0v) is 12.5. The third-order valence-electron chi connectivity index (χ3n) is 3.73. The highest BCUT2D eigenvalue weighted by molar-refractivity contribution is 6.09. The Balaban J connectivity index is 1.85. The molecule has 0 fully saturated rings. The Bertz CT molecular complexity index is 843. The second-order valence-corrected chi connectivity index (χ2v) is 5.37. The average Bonchev–Trinajstić information content (AvgIpc) is 2.99. The molecule has 0 aromatic heterocycles. The molecule has 2 N–H and O–H groups in total. The minimum atomic E-state index is -4.57. The molecule has 2 aliphatic heterocycles. The molecular formula is C15H11F3N4O3. The maximum Gasteiger partial charge on any atom is 0.416 e. The summed E-state index contributed by atoms with van der Waals surface area (Å²) in [6.45, 7) is 0.290. The Morgan fingerprint density at radius 3 is 2.68 bits per heavy atom. The number of aliphatic carboxylic acids is 1. The van der Waals surface area contributed by atoms with E-state index in [4.69, 9.17) is 5.11 Å². The van der Waals surface area contributed by atoms with E-state index in [1.54, 1.807) is 0 Å². The van der Waals surface area contributed by atoms with E-state index in [0.29, 0.717) is 6.42 Å². The topological polar surface area (TPSA) is 103 Å².